The van der Waals surface area contributed by atoms with E-state index in [1.54, 1.807) is 34.2 Å². The Hall–Kier alpha value is -2.86. The molecule has 0 aromatic carbocycles. The van der Waals surface area contributed by atoms with E-state index in [9.17, 15) is 9.59 Å². The van der Waals surface area contributed by atoms with Gasteiger partial charge in [0.15, 0.2) is 10.3 Å². The van der Waals surface area contributed by atoms with Crippen molar-refractivity contribution in [3.63, 3.8) is 0 Å². The highest BCUT2D eigenvalue weighted by molar-refractivity contribution is 7.99. The first-order valence-corrected chi connectivity index (χ1v) is 21.6. The minimum Gasteiger partial charge on any atom is -0.370 e. The van der Waals surface area contributed by atoms with Crippen molar-refractivity contribution in [2.75, 3.05) is 35.2 Å². The maximum absolute atomic E-state index is 13.3. The number of hydrogen-bond donors (Lipinski definition) is 2. The third-order valence-corrected chi connectivity index (χ3v) is 11.3. The monoisotopic (exact) mass is 738 g/mol. The first kappa shape index (κ1) is 40.9. The van der Waals surface area contributed by atoms with Gasteiger partial charge in [-0.3, -0.25) is 13.9 Å². The smallest absolute Gasteiger partial charge is 0.331 e. The SMILES string of the molecule is Cc1cc2nc(n1)SCCCCCCn1c(C)cc(=O)n(c1=O)CCCCCCSc1nc(C)cc(n1)NCCCCCCCCCCCCN2. The molecule has 12 heteroatoms. The number of aryl methyl sites for hydroxylation is 3. The van der Waals surface area contributed by atoms with Crippen LogP contribution in [0.4, 0.5) is 11.6 Å². The van der Waals surface area contributed by atoms with Crippen LogP contribution in [0.15, 0.2) is 38.1 Å². The topological polar surface area (TPSA) is 120 Å². The fraction of sp³-hybridized carbons (Fsp3) is 0.692. The zero-order chi connectivity index (χ0) is 36.1. The van der Waals surface area contributed by atoms with Crippen molar-refractivity contribution < 1.29 is 0 Å². The summed E-state index contributed by atoms with van der Waals surface area (Å²) in [4.78, 5) is 44.8. The lowest BCUT2D eigenvalue weighted by Crippen LogP contribution is -2.40. The Bertz CT molecular complexity index is 1580. The molecule has 0 amide bonds. The molecule has 282 valence electrons. The highest BCUT2D eigenvalue weighted by atomic mass is 32.2. The Balaban J connectivity index is 1.27. The Morgan fingerprint density at radius 1 is 0.510 bits per heavy atom. The van der Waals surface area contributed by atoms with Gasteiger partial charge in [0.2, 0.25) is 0 Å². The molecule has 4 rings (SSSR count). The van der Waals surface area contributed by atoms with Crippen LogP contribution in [0.5, 0.6) is 0 Å². The highest BCUT2D eigenvalue weighted by Crippen LogP contribution is 2.21. The number of nitrogens with zero attached hydrogens (tertiary/aromatic N) is 6. The molecule has 0 unspecified atom stereocenters. The van der Waals surface area contributed by atoms with Crippen LogP contribution in [0.25, 0.3) is 0 Å². The van der Waals surface area contributed by atoms with E-state index in [1.165, 1.54) is 55.9 Å². The molecular formula is C39H62N8O2S2. The van der Waals surface area contributed by atoms with Gasteiger partial charge < -0.3 is 10.6 Å². The van der Waals surface area contributed by atoms with Crippen molar-refractivity contribution in [1.29, 1.82) is 0 Å². The lowest BCUT2D eigenvalue weighted by molar-refractivity contribution is 0.490. The second-order valence-electron chi connectivity index (χ2n) is 14.0. The van der Waals surface area contributed by atoms with Crippen molar-refractivity contribution in [2.45, 2.75) is 160 Å². The van der Waals surface area contributed by atoms with Crippen LogP contribution >= 0.6 is 23.5 Å². The van der Waals surface area contributed by atoms with Gasteiger partial charge in [0.25, 0.3) is 5.56 Å². The molecule has 0 spiro atoms. The molecule has 3 aromatic heterocycles. The Kier molecular flexibility index (Phi) is 19.0. The Morgan fingerprint density at radius 2 is 0.922 bits per heavy atom. The number of anilines is 2. The second kappa shape index (κ2) is 23.7. The Morgan fingerprint density at radius 3 is 1.41 bits per heavy atom. The van der Waals surface area contributed by atoms with Gasteiger partial charge in [-0.1, -0.05) is 101 Å². The van der Waals surface area contributed by atoms with E-state index < -0.39 is 0 Å². The summed E-state index contributed by atoms with van der Waals surface area (Å²) in [5.41, 5.74) is 2.37. The molecule has 0 fully saturated rings. The van der Waals surface area contributed by atoms with Crippen molar-refractivity contribution in [1.82, 2.24) is 29.1 Å². The second-order valence-corrected chi connectivity index (χ2v) is 16.1. The van der Waals surface area contributed by atoms with Crippen LogP contribution in [0, 0.1) is 20.8 Å². The number of hydrogen-bond acceptors (Lipinski definition) is 10. The molecule has 4 heterocycles. The number of fused-ring (bicyclic) bond motifs is 6. The van der Waals surface area contributed by atoms with Crippen molar-refractivity contribution >= 4 is 35.2 Å². The molecule has 0 radical (unpaired) electrons. The van der Waals surface area contributed by atoms with Crippen LogP contribution in [0.1, 0.15) is 133 Å². The van der Waals surface area contributed by atoms with E-state index in [0.29, 0.717) is 13.1 Å². The predicted molar refractivity (Wildman–Crippen MR) is 215 cm³/mol. The molecule has 1 aliphatic heterocycles. The van der Waals surface area contributed by atoms with Gasteiger partial charge in [-0.25, -0.2) is 24.7 Å². The van der Waals surface area contributed by atoms with Crippen molar-refractivity contribution in [2.24, 2.45) is 0 Å². The standard InChI is InChI=1S/C39H62N8O2S2/c1-31-28-34-40-22-16-10-8-6-4-5-7-9-11-17-23-41-35-29-32(2)43-38(45-35)51-27-21-15-13-19-25-47-36(48)30-33(3)46(39(47)49)24-18-12-14-20-26-50-37(42-31)44-34/h28-30H,4-27H2,1-3H3,(H,40,42,44)(H,41,43,45). The first-order chi connectivity index (χ1) is 24.9. The van der Waals surface area contributed by atoms with E-state index in [4.69, 9.17) is 9.97 Å². The van der Waals surface area contributed by atoms with Crippen LogP contribution in [-0.2, 0) is 13.1 Å². The van der Waals surface area contributed by atoms with Gasteiger partial charge in [0.05, 0.1) is 0 Å². The van der Waals surface area contributed by atoms with Gasteiger partial charge in [-0.2, -0.15) is 0 Å². The quantitative estimate of drug-likeness (QED) is 0.216. The summed E-state index contributed by atoms with van der Waals surface area (Å²) >= 11 is 3.43. The summed E-state index contributed by atoms with van der Waals surface area (Å²) in [5, 5.41) is 8.71. The number of thioether (sulfide) groups is 2. The lowest BCUT2D eigenvalue weighted by Gasteiger charge is -2.13. The molecule has 6 bridgehead atoms. The van der Waals surface area contributed by atoms with Crippen LogP contribution < -0.4 is 21.9 Å². The first-order valence-electron chi connectivity index (χ1n) is 19.6. The van der Waals surface area contributed by atoms with E-state index in [0.717, 1.165) is 128 Å². The Labute approximate surface area is 314 Å². The fourth-order valence-corrected chi connectivity index (χ4v) is 8.28. The third kappa shape index (κ3) is 15.7. The molecule has 1 aliphatic rings. The summed E-state index contributed by atoms with van der Waals surface area (Å²) in [5.74, 6) is 3.78. The molecule has 0 saturated carbocycles. The van der Waals surface area contributed by atoms with E-state index in [1.807, 2.05) is 32.9 Å². The number of rotatable bonds is 0. The molecule has 3 aromatic rings. The fourth-order valence-electron chi connectivity index (χ4n) is 6.47. The molecule has 0 atom stereocenters. The molecule has 10 nitrogen and oxygen atoms in total. The van der Waals surface area contributed by atoms with Gasteiger partial charge >= 0.3 is 5.69 Å². The average molecular weight is 739 g/mol. The molecular weight excluding hydrogens is 677 g/mol. The number of aromatic nitrogens is 6. The van der Waals surface area contributed by atoms with Crippen molar-refractivity contribution in [3.8, 4) is 0 Å². The zero-order valence-corrected chi connectivity index (χ0v) is 33.2. The zero-order valence-electron chi connectivity index (χ0n) is 31.5. The van der Waals surface area contributed by atoms with E-state index in [2.05, 4.69) is 20.6 Å². The summed E-state index contributed by atoms with van der Waals surface area (Å²) in [6.45, 7) is 8.94. The molecule has 0 aliphatic carbocycles. The summed E-state index contributed by atoms with van der Waals surface area (Å²) in [6, 6.07) is 5.69. The van der Waals surface area contributed by atoms with Crippen LogP contribution in [0.2, 0.25) is 0 Å². The summed E-state index contributed by atoms with van der Waals surface area (Å²) < 4.78 is 3.21. The predicted octanol–water partition coefficient (Wildman–Crippen LogP) is 8.96. The minimum absolute atomic E-state index is 0.174. The van der Waals surface area contributed by atoms with Crippen LogP contribution in [-0.4, -0.2) is 53.7 Å². The summed E-state index contributed by atoms with van der Waals surface area (Å²) in [7, 11) is 0. The third-order valence-electron chi connectivity index (χ3n) is 9.38. The number of nitrogens with one attached hydrogen (secondary N) is 2. The van der Waals surface area contributed by atoms with Gasteiger partial charge in [0, 0.05) is 73.0 Å². The molecule has 51 heavy (non-hydrogen) atoms. The largest absolute Gasteiger partial charge is 0.370 e. The van der Waals surface area contributed by atoms with E-state index >= 15 is 0 Å². The highest BCUT2D eigenvalue weighted by Gasteiger charge is 2.10. The van der Waals surface area contributed by atoms with Crippen LogP contribution in [0.3, 0.4) is 0 Å². The normalized spacial score (nSPS) is 18.1. The molecule has 2 N–H and O–H groups in total. The maximum Gasteiger partial charge on any atom is 0.331 e. The average Bonchev–Trinajstić information content (AvgIpc) is 3.09. The summed E-state index contributed by atoms with van der Waals surface area (Å²) in [6.07, 6.45) is 20.8. The molecule has 0 saturated heterocycles. The maximum atomic E-state index is 13.3. The minimum atomic E-state index is -0.191. The van der Waals surface area contributed by atoms with E-state index in [-0.39, 0.29) is 11.2 Å². The lowest BCUT2D eigenvalue weighted by atomic mass is 10.1. The van der Waals surface area contributed by atoms with Gasteiger partial charge in [0.1, 0.15) is 11.6 Å². The van der Waals surface area contributed by atoms with Crippen molar-refractivity contribution in [3.05, 3.63) is 56.1 Å². The van der Waals surface area contributed by atoms with Gasteiger partial charge in [-0.15, -0.1) is 0 Å². The van der Waals surface area contributed by atoms with Gasteiger partial charge in [-0.05, 0) is 59.3 Å².